The third kappa shape index (κ3) is 4.93. The second kappa shape index (κ2) is 9.63. The lowest BCUT2D eigenvalue weighted by Crippen LogP contribution is -2.42. The van der Waals surface area contributed by atoms with E-state index in [1.165, 1.54) is 18.5 Å². The number of sulfonamides is 1. The lowest BCUT2D eigenvalue weighted by atomic mass is 9.82. The molecule has 0 bridgehead atoms. The highest BCUT2D eigenvalue weighted by molar-refractivity contribution is 7.93. The van der Waals surface area contributed by atoms with Gasteiger partial charge in [0.15, 0.2) is 0 Å². The molecule has 5 rings (SSSR count). The molecule has 184 valence electrons. The van der Waals surface area contributed by atoms with Crippen molar-refractivity contribution in [3.05, 3.63) is 65.7 Å². The average molecular weight is 516 g/mol. The van der Waals surface area contributed by atoms with Crippen LogP contribution >= 0.6 is 11.5 Å². The maximum Gasteiger partial charge on any atom is 0.263 e. The molecule has 2 aliphatic heterocycles. The quantitative estimate of drug-likeness (QED) is 0.457. The van der Waals surface area contributed by atoms with E-state index in [-0.39, 0.29) is 33.8 Å². The molecule has 1 fully saturated rings. The van der Waals surface area contributed by atoms with Crippen molar-refractivity contribution in [1.82, 2.24) is 14.3 Å². The molecular formula is C24H26FN5O3S2. The topological polar surface area (TPSA) is 108 Å². The van der Waals surface area contributed by atoms with E-state index in [1.807, 2.05) is 25.1 Å². The molecule has 2 aliphatic rings. The van der Waals surface area contributed by atoms with Crippen molar-refractivity contribution in [2.75, 3.05) is 17.9 Å². The Morgan fingerprint density at radius 3 is 2.71 bits per heavy atom. The summed E-state index contributed by atoms with van der Waals surface area (Å²) < 4.78 is 51.5. The fraction of sp³-hybridized carbons (Fsp3) is 0.375. The summed E-state index contributed by atoms with van der Waals surface area (Å²) in [6, 6.07) is 11.6. The minimum Gasteiger partial charge on any atom is -0.493 e. The molecule has 3 aromatic rings. The zero-order chi connectivity index (χ0) is 24.6. The average Bonchev–Trinajstić information content (AvgIpc) is 3.36. The van der Waals surface area contributed by atoms with Gasteiger partial charge in [0.05, 0.1) is 11.5 Å². The standard InChI is InChI=1S/C24H26FN5O3S2/c1-15(26)17-8-10-30(22(12-17)16-2-4-18(25)5-3-16)21-9-11-33-23-13-19(6-7-20(21)23)35(31,32)29-24-27-14-28-34-24/h2-7,13-14,17,21-22,26H,8-12H2,1H3,(H,27,28,29)/t17-,21+,22+/m0/s1. The van der Waals surface area contributed by atoms with Crippen LogP contribution in [0.5, 0.6) is 5.75 Å². The van der Waals surface area contributed by atoms with E-state index in [9.17, 15) is 12.8 Å². The SMILES string of the molecule is CC(=N)[C@H]1CCN([C@@H]2CCOc3cc(S(=O)(=O)Nc4ncns4)ccc32)[C@@H](c2ccc(F)cc2)C1. The number of fused-ring (bicyclic) bond motifs is 1. The highest BCUT2D eigenvalue weighted by Crippen LogP contribution is 2.45. The molecule has 0 radical (unpaired) electrons. The molecule has 1 aromatic heterocycles. The van der Waals surface area contributed by atoms with Crippen LogP contribution in [0.3, 0.4) is 0 Å². The van der Waals surface area contributed by atoms with Crippen molar-refractivity contribution in [3.63, 3.8) is 0 Å². The Balaban J connectivity index is 1.46. The zero-order valence-corrected chi connectivity index (χ0v) is 20.8. The summed E-state index contributed by atoms with van der Waals surface area (Å²) in [7, 11) is -3.83. The lowest BCUT2D eigenvalue weighted by Gasteiger charge is -2.45. The predicted octanol–water partition coefficient (Wildman–Crippen LogP) is 4.79. The van der Waals surface area contributed by atoms with Crippen LogP contribution in [0.4, 0.5) is 9.52 Å². The first-order chi connectivity index (χ1) is 16.8. The number of nitrogens with one attached hydrogen (secondary N) is 2. The van der Waals surface area contributed by atoms with E-state index in [0.717, 1.165) is 48.5 Å². The van der Waals surface area contributed by atoms with Crippen LogP contribution in [0.1, 0.15) is 49.4 Å². The van der Waals surface area contributed by atoms with Gasteiger partial charge < -0.3 is 10.1 Å². The second-order valence-electron chi connectivity index (χ2n) is 8.91. The Morgan fingerprint density at radius 1 is 1.20 bits per heavy atom. The largest absolute Gasteiger partial charge is 0.493 e. The van der Waals surface area contributed by atoms with Gasteiger partial charge in [-0.15, -0.1) is 0 Å². The van der Waals surface area contributed by atoms with Gasteiger partial charge >= 0.3 is 0 Å². The molecule has 2 aromatic carbocycles. The van der Waals surface area contributed by atoms with E-state index in [4.69, 9.17) is 10.1 Å². The number of nitrogens with zero attached hydrogens (tertiary/aromatic N) is 3. The highest BCUT2D eigenvalue weighted by atomic mass is 32.2. The second-order valence-corrected chi connectivity index (χ2v) is 11.4. The minimum absolute atomic E-state index is 0.0214. The minimum atomic E-state index is -3.83. The number of hydrogen-bond donors (Lipinski definition) is 2. The first kappa shape index (κ1) is 23.8. The van der Waals surface area contributed by atoms with E-state index in [1.54, 1.807) is 12.1 Å². The van der Waals surface area contributed by atoms with Crippen LogP contribution in [-0.2, 0) is 10.0 Å². The third-order valence-electron chi connectivity index (χ3n) is 6.80. The molecule has 0 amide bonds. The summed E-state index contributed by atoms with van der Waals surface area (Å²) in [6.07, 6.45) is 3.71. The molecule has 11 heteroatoms. The Morgan fingerprint density at radius 2 is 2.00 bits per heavy atom. The van der Waals surface area contributed by atoms with Gasteiger partial charge in [0.25, 0.3) is 10.0 Å². The van der Waals surface area contributed by atoms with Gasteiger partial charge in [-0.25, -0.2) is 17.8 Å². The first-order valence-corrected chi connectivity index (χ1v) is 13.7. The van der Waals surface area contributed by atoms with Crippen molar-refractivity contribution in [1.29, 1.82) is 5.41 Å². The van der Waals surface area contributed by atoms with Crippen molar-refractivity contribution in [3.8, 4) is 5.75 Å². The summed E-state index contributed by atoms with van der Waals surface area (Å²) in [5.41, 5.74) is 2.62. The zero-order valence-electron chi connectivity index (χ0n) is 19.1. The molecule has 3 atom stereocenters. The molecule has 0 unspecified atom stereocenters. The number of piperidine rings is 1. The summed E-state index contributed by atoms with van der Waals surface area (Å²) in [5, 5.41) is 8.39. The van der Waals surface area contributed by atoms with Gasteiger partial charge in [0.2, 0.25) is 5.13 Å². The van der Waals surface area contributed by atoms with Gasteiger partial charge in [0.1, 0.15) is 17.9 Å². The molecular weight excluding hydrogens is 489 g/mol. The van der Waals surface area contributed by atoms with Crippen molar-refractivity contribution in [2.24, 2.45) is 5.92 Å². The van der Waals surface area contributed by atoms with Gasteiger partial charge in [-0.05, 0) is 56.0 Å². The van der Waals surface area contributed by atoms with Crippen LogP contribution in [0.25, 0.3) is 0 Å². The summed E-state index contributed by atoms with van der Waals surface area (Å²) in [4.78, 5) is 6.39. The number of ether oxygens (including phenoxy) is 1. The van der Waals surface area contributed by atoms with Gasteiger partial charge in [-0.2, -0.15) is 4.37 Å². The summed E-state index contributed by atoms with van der Waals surface area (Å²) >= 11 is 0.966. The maximum atomic E-state index is 13.6. The van der Waals surface area contributed by atoms with Crippen molar-refractivity contribution >= 4 is 32.4 Å². The Bertz CT molecular complexity index is 1320. The summed E-state index contributed by atoms with van der Waals surface area (Å²) in [5.74, 6) is 0.451. The van der Waals surface area contributed by atoms with Gasteiger partial charge in [-0.1, -0.05) is 18.2 Å². The number of halogens is 1. The fourth-order valence-electron chi connectivity index (χ4n) is 5.02. The van der Waals surface area contributed by atoms with Crippen LogP contribution in [0, 0.1) is 17.1 Å². The fourth-order valence-corrected chi connectivity index (χ4v) is 6.69. The Hall–Kier alpha value is -2.89. The number of hydrogen-bond acceptors (Lipinski definition) is 8. The summed E-state index contributed by atoms with van der Waals surface area (Å²) in [6.45, 7) is 3.10. The molecule has 0 saturated carbocycles. The van der Waals surface area contributed by atoms with E-state index in [0.29, 0.717) is 18.1 Å². The highest BCUT2D eigenvalue weighted by Gasteiger charge is 2.37. The third-order valence-corrected chi connectivity index (χ3v) is 8.84. The molecule has 0 aliphatic carbocycles. The number of likely N-dealkylation sites (tertiary alicyclic amines) is 1. The maximum absolute atomic E-state index is 13.6. The molecule has 0 spiro atoms. The van der Waals surface area contributed by atoms with E-state index < -0.39 is 10.0 Å². The van der Waals surface area contributed by atoms with E-state index in [2.05, 4.69) is 19.0 Å². The molecule has 35 heavy (non-hydrogen) atoms. The smallest absolute Gasteiger partial charge is 0.263 e. The van der Waals surface area contributed by atoms with Crippen LogP contribution < -0.4 is 9.46 Å². The molecule has 1 saturated heterocycles. The first-order valence-electron chi connectivity index (χ1n) is 11.4. The lowest BCUT2D eigenvalue weighted by molar-refractivity contribution is 0.0567. The van der Waals surface area contributed by atoms with E-state index >= 15 is 0 Å². The number of anilines is 1. The van der Waals surface area contributed by atoms with Crippen molar-refractivity contribution < 1.29 is 17.5 Å². The van der Waals surface area contributed by atoms with Crippen LogP contribution in [0.15, 0.2) is 53.7 Å². The number of aromatic nitrogens is 2. The van der Waals surface area contributed by atoms with Crippen LogP contribution in [0.2, 0.25) is 0 Å². The van der Waals surface area contributed by atoms with Gasteiger partial charge in [-0.3, -0.25) is 9.62 Å². The molecule has 3 heterocycles. The predicted molar refractivity (Wildman–Crippen MR) is 132 cm³/mol. The Labute approximate surface area is 207 Å². The number of benzene rings is 2. The molecule has 2 N–H and O–H groups in total. The van der Waals surface area contributed by atoms with Crippen LogP contribution in [-0.4, -0.2) is 41.5 Å². The van der Waals surface area contributed by atoms with Crippen molar-refractivity contribution in [2.45, 2.75) is 43.2 Å². The Kier molecular flexibility index (Phi) is 6.56. The normalized spacial score (nSPS) is 22.7. The number of rotatable bonds is 6. The monoisotopic (exact) mass is 515 g/mol. The van der Waals surface area contributed by atoms with Gasteiger partial charge in [0, 0.05) is 47.4 Å². The molecule has 8 nitrogen and oxygen atoms in total.